The number of carbonyl (C=O) groups excluding carboxylic acids is 2. The summed E-state index contributed by atoms with van der Waals surface area (Å²) in [6, 6.07) is 9.20. The molecule has 1 atom stereocenters. The van der Waals surface area contributed by atoms with E-state index >= 15 is 0 Å². The quantitative estimate of drug-likeness (QED) is 0.926. The molecule has 1 fully saturated rings. The van der Waals surface area contributed by atoms with Crippen molar-refractivity contribution in [3.05, 3.63) is 65.2 Å². The van der Waals surface area contributed by atoms with E-state index in [1.807, 2.05) is 0 Å². The smallest absolute Gasteiger partial charge is 0.254 e. The first-order valence-electron chi connectivity index (χ1n) is 8.09. The van der Waals surface area contributed by atoms with Crippen molar-refractivity contribution in [1.29, 1.82) is 0 Å². The molecule has 0 radical (unpaired) electrons. The Balaban J connectivity index is 1.76. The van der Waals surface area contributed by atoms with Gasteiger partial charge in [0.2, 0.25) is 5.91 Å². The van der Waals surface area contributed by atoms with E-state index in [-0.39, 0.29) is 11.3 Å². The maximum absolute atomic E-state index is 13.9. The predicted molar refractivity (Wildman–Crippen MR) is 90.2 cm³/mol. The lowest BCUT2D eigenvalue weighted by Gasteiger charge is -2.24. The highest BCUT2D eigenvalue weighted by Gasteiger charge is 2.34. The Morgan fingerprint density at radius 1 is 1.16 bits per heavy atom. The van der Waals surface area contributed by atoms with Gasteiger partial charge in [-0.25, -0.2) is 8.78 Å². The van der Waals surface area contributed by atoms with Crippen LogP contribution in [-0.4, -0.2) is 29.3 Å². The van der Waals surface area contributed by atoms with E-state index in [1.165, 1.54) is 35.2 Å². The summed E-state index contributed by atoms with van der Waals surface area (Å²) in [7, 11) is 0. The third kappa shape index (κ3) is 3.68. The molecule has 0 aromatic heterocycles. The van der Waals surface area contributed by atoms with E-state index in [1.54, 1.807) is 13.0 Å². The highest BCUT2D eigenvalue weighted by molar-refractivity contribution is 6.01. The number of benzene rings is 2. The number of likely N-dealkylation sites (tertiary alicyclic amines) is 1. The van der Waals surface area contributed by atoms with Gasteiger partial charge in [0, 0.05) is 12.1 Å². The van der Waals surface area contributed by atoms with Crippen LogP contribution in [0.5, 0.6) is 0 Å². The van der Waals surface area contributed by atoms with E-state index in [2.05, 4.69) is 5.32 Å². The lowest BCUT2D eigenvalue weighted by atomic mass is 10.1. The van der Waals surface area contributed by atoms with Crippen LogP contribution in [0.3, 0.4) is 0 Å². The third-order valence-electron chi connectivity index (χ3n) is 4.27. The number of rotatable bonds is 3. The van der Waals surface area contributed by atoms with Gasteiger partial charge in [-0.15, -0.1) is 0 Å². The Labute approximate surface area is 144 Å². The molecular formula is C19H18F2N2O2. The number of hydrogen-bond donors (Lipinski definition) is 1. The summed E-state index contributed by atoms with van der Waals surface area (Å²) >= 11 is 0. The zero-order chi connectivity index (χ0) is 18.0. The Morgan fingerprint density at radius 3 is 2.68 bits per heavy atom. The van der Waals surface area contributed by atoms with Crippen LogP contribution in [0.1, 0.15) is 28.8 Å². The van der Waals surface area contributed by atoms with Crippen LogP contribution in [-0.2, 0) is 4.79 Å². The summed E-state index contributed by atoms with van der Waals surface area (Å²) in [6.45, 7) is 2.16. The maximum atomic E-state index is 13.9. The Morgan fingerprint density at radius 2 is 1.96 bits per heavy atom. The van der Waals surface area contributed by atoms with Crippen molar-refractivity contribution in [1.82, 2.24) is 4.90 Å². The summed E-state index contributed by atoms with van der Waals surface area (Å²) < 4.78 is 27.3. The number of anilines is 1. The van der Waals surface area contributed by atoms with Crippen LogP contribution < -0.4 is 5.32 Å². The van der Waals surface area contributed by atoms with E-state index in [0.717, 1.165) is 11.6 Å². The minimum absolute atomic E-state index is 0.0839. The molecule has 4 nitrogen and oxygen atoms in total. The molecule has 1 N–H and O–H groups in total. The van der Waals surface area contributed by atoms with Crippen LogP contribution in [0, 0.1) is 18.6 Å². The van der Waals surface area contributed by atoms with Crippen LogP contribution in [0.2, 0.25) is 0 Å². The fourth-order valence-corrected chi connectivity index (χ4v) is 3.01. The van der Waals surface area contributed by atoms with Gasteiger partial charge in [0.15, 0.2) is 0 Å². The molecule has 1 aliphatic heterocycles. The molecule has 0 aliphatic carbocycles. The predicted octanol–water partition coefficient (Wildman–Crippen LogP) is 3.52. The average Bonchev–Trinajstić information content (AvgIpc) is 3.06. The number of nitrogens with one attached hydrogen (secondary N) is 1. The first-order valence-corrected chi connectivity index (χ1v) is 8.09. The molecule has 2 amide bonds. The van der Waals surface area contributed by atoms with Crippen molar-refractivity contribution in [3.63, 3.8) is 0 Å². The molecular weight excluding hydrogens is 326 g/mol. The first kappa shape index (κ1) is 17.1. The highest BCUT2D eigenvalue weighted by Crippen LogP contribution is 2.23. The van der Waals surface area contributed by atoms with Crippen molar-refractivity contribution in [2.24, 2.45) is 0 Å². The van der Waals surface area contributed by atoms with Crippen molar-refractivity contribution in [2.45, 2.75) is 25.8 Å². The second kappa shape index (κ2) is 7.01. The lowest BCUT2D eigenvalue weighted by Crippen LogP contribution is -2.43. The second-order valence-corrected chi connectivity index (χ2v) is 6.14. The molecule has 0 spiro atoms. The van der Waals surface area contributed by atoms with Gasteiger partial charge in [-0.3, -0.25) is 9.59 Å². The van der Waals surface area contributed by atoms with Gasteiger partial charge in [0.25, 0.3) is 5.91 Å². The summed E-state index contributed by atoms with van der Waals surface area (Å²) in [5.74, 6) is -1.87. The molecule has 0 bridgehead atoms. The van der Waals surface area contributed by atoms with Crippen molar-refractivity contribution >= 4 is 17.5 Å². The van der Waals surface area contributed by atoms with Gasteiger partial charge < -0.3 is 10.2 Å². The summed E-state index contributed by atoms with van der Waals surface area (Å²) in [6.07, 6.45) is 1.15. The number of hydrogen-bond acceptors (Lipinski definition) is 2. The number of nitrogens with zero attached hydrogens (tertiary/aromatic N) is 1. The molecule has 0 unspecified atom stereocenters. The Kier molecular flexibility index (Phi) is 4.79. The molecule has 130 valence electrons. The van der Waals surface area contributed by atoms with Crippen LogP contribution in [0.4, 0.5) is 14.5 Å². The molecule has 1 heterocycles. The average molecular weight is 344 g/mol. The Hall–Kier alpha value is -2.76. The zero-order valence-electron chi connectivity index (χ0n) is 13.8. The van der Waals surface area contributed by atoms with Gasteiger partial charge in [0.1, 0.15) is 17.7 Å². The highest BCUT2D eigenvalue weighted by atomic mass is 19.1. The molecule has 6 heteroatoms. The van der Waals surface area contributed by atoms with Crippen LogP contribution in [0.25, 0.3) is 0 Å². The standard InChI is InChI=1S/C19H18F2N2O2/c1-12-7-8-16(15(21)10-12)22-18(24)17-6-3-9-23(17)19(25)13-4-2-5-14(20)11-13/h2,4-5,7-8,10-11,17H,3,6,9H2,1H3,(H,22,24)/t17-/m0/s1. The normalized spacial score (nSPS) is 16.8. The molecule has 3 rings (SSSR count). The van der Waals surface area contributed by atoms with E-state index in [4.69, 9.17) is 0 Å². The summed E-state index contributed by atoms with van der Waals surface area (Å²) in [4.78, 5) is 26.5. The zero-order valence-corrected chi connectivity index (χ0v) is 13.8. The van der Waals surface area contributed by atoms with Crippen LogP contribution in [0.15, 0.2) is 42.5 Å². The minimum Gasteiger partial charge on any atom is -0.327 e. The number of carbonyl (C=O) groups is 2. The minimum atomic E-state index is -0.698. The molecule has 1 saturated heterocycles. The topological polar surface area (TPSA) is 49.4 Å². The SMILES string of the molecule is Cc1ccc(NC(=O)[C@@H]2CCCN2C(=O)c2cccc(F)c2)c(F)c1. The Bertz CT molecular complexity index is 823. The molecule has 1 aliphatic rings. The lowest BCUT2D eigenvalue weighted by molar-refractivity contribution is -0.119. The molecule has 25 heavy (non-hydrogen) atoms. The van der Waals surface area contributed by atoms with Gasteiger partial charge in [0.05, 0.1) is 5.69 Å². The monoisotopic (exact) mass is 344 g/mol. The van der Waals surface area contributed by atoms with Gasteiger partial charge in [-0.2, -0.15) is 0 Å². The van der Waals surface area contributed by atoms with E-state index in [0.29, 0.717) is 19.4 Å². The van der Waals surface area contributed by atoms with E-state index < -0.39 is 29.5 Å². The van der Waals surface area contributed by atoms with Crippen LogP contribution >= 0.6 is 0 Å². The van der Waals surface area contributed by atoms with Gasteiger partial charge in [-0.05, 0) is 55.7 Å². The van der Waals surface area contributed by atoms with Gasteiger partial charge in [-0.1, -0.05) is 12.1 Å². The van der Waals surface area contributed by atoms with Crippen molar-refractivity contribution in [3.8, 4) is 0 Å². The molecule has 2 aromatic rings. The molecule has 2 aromatic carbocycles. The van der Waals surface area contributed by atoms with Crippen molar-refractivity contribution in [2.75, 3.05) is 11.9 Å². The number of aryl methyl sites for hydroxylation is 1. The summed E-state index contributed by atoms with van der Waals surface area (Å²) in [5.41, 5.74) is 1.03. The van der Waals surface area contributed by atoms with Gasteiger partial charge >= 0.3 is 0 Å². The first-order chi connectivity index (χ1) is 12.0. The number of halogens is 2. The fraction of sp³-hybridized carbons (Fsp3) is 0.263. The third-order valence-corrected chi connectivity index (χ3v) is 4.27. The fourth-order valence-electron chi connectivity index (χ4n) is 3.01. The van der Waals surface area contributed by atoms with E-state index in [9.17, 15) is 18.4 Å². The van der Waals surface area contributed by atoms with Crippen molar-refractivity contribution < 1.29 is 18.4 Å². The maximum Gasteiger partial charge on any atom is 0.254 e. The summed E-state index contributed by atoms with van der Waals surface area (Å²) in [5, 5.41) is 2.55. The number of amides is 2. The second-order valence-electron chi connectivity index (χ2n) is 6.14. The largest absolute Gasteiger partial charge is 0.327 e. The molecule has 0 saturated carbocycles.